The summed E-state index contributed by atoms with van der Waals surface area (Å²) >= 11 is 0. The van der Waals surface area contributed by atoms with Gasteiger partial charge in [0.05, 0.1) is 0 Å². The van der Waals surface area contributed by atoms with Crippen LogP contribution in [0.2, 0.25) is 0 Å². The molecule has 108 valence electrons. The third-order valence-electron chi connectivity index (χ3n) is 2.54. The Morgan fingerprint density at radius 2 is 2.05 bits per heavy atom. The van der Waals surface area contributed by atoms with Crippen molar-refractivity contribution in [2.24, 2.45) is 7.05 Å². The van der Waals surface area contributed by atoms with Crippen LogP contribution in [-0.2, 0) is 7.05 Å². The minimum atomic E-state index is 0.372. The monoisotopic (exact) mass is 286 g/mol. The average Bonchev–Trinajstić information content (AvgIpc) is 3.11. The molecule has 10 heteroatoms. The third-order valence-corrected chi connectivity index (χ3v) is 2.54. The van der Waals surface area contributed by atoms with Gasteiger partial charge in [0.25, 0.3) is 5.95 Å². The molecule has 0 aliphatic heterocycles. The number of hydrogen-bond acceptors (Lipinski definition) is 8. The highest BCUT2D eigenvalue weighted by atomic mass is 15.4. The van der Waals surface area contributed by atoms with Crippen LogP contribution in [0.4, 0.5) is 17.7 Å². The van der Waals surface area contributed by atoms with Gasteiger partial charge in [-0.2, -0.15) is 29.8 Å². The van der Waals surface area contributed by atoms with Crippen LogP contribution in [0, 0.1) is 0 Å². The molecule has 3 aromatic rings. The first kappa shape index (κ1) is 13.0. The maximum Gasteiger partial charge on any atom is 0.258 e. The van der Waals surface area contributed by atoms with Gasteiger partial charge >= 0.3 is 0 Å². The predicted octanol–water partition coefficient (Wildman–Crippen LogP) is 0.361. The second-order valence-corrected chi connectivity index (χ2v) is 4.15. The molecule has 0 saturated carbocycles. The first-order chi connectivity index (χ1) is 10.2. The van der Waals surface area contributed by atoms with Crippen molar-refractivity contribution in [3.8, 4) is 5.95 Å². The highest BCUT2D eigenvalue weighted by Gasteiger charge is 2.09. The Labute approximate surface area is 120 Å². The molecule has 0 radical (unpaired) electrons. The van der Waals surface area contributed by atoms with Gasteiger partial charge in [-0.25, -0.2) is 4.98 Å². The molecule has 0 aromatic carbocycles. The Morgan fingerprint density at radius 3 is 2.71 bits per heavy atom. The summed E-state index contributed by atoms with van der Waals surface area (Å²) in [6.45, 7) is 2.66. The predicted molar refractivity (Wildman–Crippen MR) is 75.4 cm³/mol. The number of hydrogen-bond donors (Lipinski definition) is 2. The van der Waals surface area contributed by atoms with Gasteiger partial charge in [0.2, 0.25) is 11.9 Å². The van der Waals surface area contributed by atoms with Gasteiger partial charge in [-0.05, 0) is 6.92 Å². The molecule has 0 aliphatic carbocycles. The molecule has 2 N–H and O–H groups in total. The Bertz CT molecular complexity index is 716. The summed E-state index contributed by atoms with van der Waals surface area (Å²) in [6.07, 6.45) is 4.77. The van der Waals surface area contributed by atoms with Gasteiger partial charge in [-0.15, -0.1) is 0 Å². The van der Waals surface area contributed by atoms with Crippen molar-refractivity contribution >= 4 is 17.7 Å². The highest BCUT2D eigenvalue weighted by molar-refractivity contribution is 5.49. The fraction of sp³-hybridized carbons (Fsp3) is 0.273. The van der Waals surface area contributed by atoms with Crippen LogP contribution >= 0.6 is 0 Å². The standard InChI is InChI=1S/C11H14N10/c1-3-13-9-16-10(15-8-4-5-20(2)19-8)18-11(17-9)21-7-12-6-14-21/h4-7H,3H2,1-2H3,(H2,13,15,16,17,18,19). The maximum atomic E-state index is 4.30. The van der Waals surface area contributed by atoms with Crippen LogP contribution in [0.15, 0.2) is 24.9 Å². The Kier molecular flexibility index (Phi) is 3.41. The lowest BCUT2D eigenvalue weighted by Crippen LogP contribution is -2.11. The first-order valence-electron chi connectivity index (χ1n) is 6.36. The van der Waals surface area contributed by atoms with E-state index >= 15 is 0 Å². The SMILES string of the molecule is CCNc1nc(Nc2ccn(C)n2)nc(-n2cncn2)n1. The van der Waals surface area contributed by atoms with E-state index in [1.807, 2.05) is 26.2 Å². The van der Waals surface area contributed by atoms with Gasteiger partial charge < -0.3 is 10.6 Å². The molecule has 0 bridgehead atoms. The van der Waals surface area contributed by atoms with Crippen LogP contribution in [0.5, 0.6) is 0 Å². The minimum absolute atomic E-state index is 0.372. The van der Waals surface area contributed by atoms with Crippen molar-refractivity contribution in [1.82, 2.24) is 39.5 Å². The summed E-state index contributed by atoms with van der Waals surface area (Å²) < 4.78 is 3.15. The van der Waals surface area contributed by atoms with E-state index in [1.54, 1.807) is 4.68 Å². The minimum Gasteiger partial charge on any atom is -0.354 e. The van der Waals surface area contributed by atoms with Crippen LogP contribution in [0.25, 0.3) is 5.95 Å². The van der Waals surface area contributed by atoms with Crippen LogP contribution in [0.3, 0.4) is 0 Å². The van der Waals surface area contributed by atoms with Gasteiger partial charge in [-0.3, -0.25) is 4.68 Å². The zero-order valence-electron chi connectivity index (χ0n) is 11.6. The van der Waals surface area contributed by atoms with Crippen LogP contribution in [-0.4, -0.2) is 46.0 Å². The quantitative estimate of drug-likeness (QED) is 0.691. The second-order valence-electron chi connectivity index (χ2n) is 4.15. The Morgan fingerprint density at radius 1 is 1.19 bits per heavy atom. The molecule has 3 aromatic heterocycles. The lowest BCUT2D eigenvalue weighted by Gasteiger charge is -2.07. The van der Waals surface area contributed by atoms with Crippen molar-refractivity contribution in [3.63, 3.8) is 0 Å². The summed E-state index contributed by atoms with van der Waals surface area (Å²) in [5.74, 6) is 1.86. The topological polar surface area (TPSA) is 111 Å². The molecule has 10 nitrogen and oxygen atoms in total. The number of rotatable bonds is 5. The molecule has 3 rings (SSSR count). The molecule has 21 heavy (non-hydrogen) atoms. The normalized spacial score (nSPS) is 10.6. The summed E-state index contributed by atoms with van der Waals surface area (Å²) in [5, 5.41) is 14.3. The second kappa shape index (κ2) is 5.53. The first-order valence-corrected chi connectivity index (χ1v) is 6.36. The Hall–Kier alpha value is -3.04. The van der Waals surface area contributed by atoms with E-state index in [1.165, 1.54) is 17.3 Å². The average molecular weight is 286 g/mol. The lowest BCUT2D eigenvalue weighted by atomic mass is 10.6. The summed E-state index contributed by atoms with van der Waals surface area (Å²) in [6, 6.07) is 1.83. The van der Waals surface area contributed by atoms with Gasteiger partial charge in [-0.1, -0.05) is 0 Å². The summed E-state index contributed by atoms with van der Waals surface area (Å²) in [5.41, 5.74) is 0. The zero-order chi connectivity index (χ0) is 14.7. The van der Waals surface area contributed by atoms with E-state index in [0.29, 0.717) is 30.2 Å². The van der Waals surface area contributed by atoms with Crippen molar-refractivity contribution < 1.29 is 0 Å². The summed E-state index contributed by atoms with van der Waals surface area (Å²) in [4.78, 5) is 16.7. The molecule has 0 saturated heterocycles. The van der Waals surface area contributed by atoms with Crippen molar-refractivity contribution in [2.75, 3.05) is 17.2 Å². The molecular weight excluding hydrogens is 272 g/mol. The third kappa shape index (κ3) is 2.94. The zero-order valence-corrected chi connectivity index (χ0v) is 11.6. The molecule has 0 atom stereocenters. The number of aromatic nitrogens is 8. The molecule has 0 aliphatic rings. The van der Waals surface area contributed by atoms with E-state index in [0.717, 1.165) is 0 Å². The van der Waals surface area contributed by atoms with Crippen LogP contribution < -0.4 is 10.6 Å². The summed E-state index contributed by atoms with van der Waals surface area (Å²) in [7, 11) is 1.84. The fourth-order valence-electron chi connectivity index (χ4n) is 1.67. The van der Waals surface area contributed by atoms with E-state index in [9.17, 15) is 0 Å². The fourth-order valence-corrected chi connectivity index (χ4v) is 1.67. The van der Waals surface area contributed by atoms with Crippen LogP contribution in [0.1, 0.15) is 6.92 Å². The van der Waals surface area contributed by atoms with E-state index < -0.39 is 0 Å². The Balaban J connectivity index is 1.95. The number of aryl methyl sites for hydroxylation is 1. The smallest absolute Gasteiger partial charge is 0.258 e. The van der Waals surface area contributed by atoms with Gasteiger partial charge in [0.1, 0.15) is 12.7 Å². The lowest BCUT2D eigenvalue weighted by molar-refractivity contribution is 0.769. The number of nitrogens with zero attached hydrogens (tertiary/aromatic N) is 8. The van der Waals surface area contributed by atoms with Gasteiger partial charge in [0.15, 0.2) is 5.82 Å². The van der Waals surface area contributed by atoms with Crippen molar-refractivity contribution in [2.45, 2.75) is 6.92 Å². The molecular formula is C11H14N10. The molecule has 0 fully saturated rings. The van der Waals surface area contributed by atoms with Crippen molar-refractivity contribution in [1.29, 1.82) is 0 Å². The largest absolute Gasteiger partial charge is 0.354 e. The highest BCUT2D eigenvalue weighted by Crippen LogP contribution is 2.13. The molecule has 0 spiro atoms. The molecule has 0 amide bonds. The number of nitrogens with one attached hydrogen (secondary N) is 2. The maximum absolute atomic E-state index is 4.30. The van der Waals surface area contributed by atoms with E-state index in [2.05, 4.69) is 40.8 Å². The van der Waals surface area contributed by atoms with Crippen molar-refractivity contribution in [3.05, 3.63) is 24.9 Å². The van der Waals surface area contributed by atoms with E-state index in [4.69, 9.17) is 0 Å². The molecule has 0 unspecified atom stereocenters. The number of anilines is 3. The van der Waals surface area contributed by atoms with Gasteiger partial charge in [0, 0.05) is 25.9 Å². The molecule has 3 heterocycles. The van der Waals surface area contributed by atoms with E-state index in [-0.39, 0.29) is 0 Å².